The van der Waals surface area contributed by atoms with Crippen molar-refractivity contribution < 1.29 is 29.0 Å². The molecule has 0 bridgehead atoms. The number of carbonyl (C=O) groups excluding carboxylic acids is 4. The number of hydrogen-bond acceptors (Lipinski definition) is 6. The summed E-state index contributed by atoms with van der Waals surface area (Å²) in [5, 5.41) is 9.37. The summed E-state index contributed by atoms with van der Waals surface area (Å²) in [6.07, 6.45) is 3.83. The van der Waals surface area contributed by atoms with Gasteiger partial charge < -0.3 is 9.84 Å². The zero-order chi connectivity index (χ0) is 27.4. The van der Waals surface area contributed by atoms with E-state index in [1.807, 2.05) is 18.2 Å². The second kappa shape index (κ2) is 10.1. The second-order valence-corrected chi connectivity index (χ2v) is 11.8. The van der Waals surface area contributed by atoms with E-state index in [1.54, 1.807) is 36.4 Å². The number of fused-ring (bicyclic) bond motifs is 3. The third-order valence-corrected chi connectivity index (χ3v) is 9.11. The Morgan fingerprint density at radius 1 is 0.949 bits per heavy atom. The van der Waals surface area contributed by atoms with Gasteiger partial charge in [-0.05, 0) is 65.0 Å². The van der Waals surface area contributed by atoms with Gasteiger partial charge in [0.05, 0.1) is 28.6 Å². The zero-order valence-electron chi connectivity index (χ0n) is 20.6. The second-order valence-electron chi connectivity index (χ2n) is 9.99. The van der Waals surface area contributed by atoms with Crippen molar-refractivity contribution >= 4 is 60.9 Å². The number of para-hydroxylation sites is 1. The summed E-state index contributed by atoms with van der Waals surface area (Å²) in [6.45, 7) is -0.117. The third kappa shape index (κ3) is 4.18. The smallest absolute Gasteiger partial charge is 0.238 e. The summed E-state index contributed by atoms with van der Waals surface area (Å²) in [5.74, 6) is -2.87. The molecule has 1 N–H and O–H groups in total. The molecular weight excluding hydrogens is 630 g/mol. The van der Waals surface area contributed by atoms with Gasteiger partial charge in [-0.1, -0.05) is 45.8 Å². The lowest BCUT2D eigenvalue weighted by atomic mass is 9.59. The fraction of sp³-hybridized carbons (Fsp3) is 0.267. The molecule has 6 rings (SSSR count). The first-order valence-electron chi connectivity index (χ1n) is 12.7. The van der Waals surface area contributed by atoms with Gasteiger partial charge in [0.1, 0.15) is 12.4 Å². The van der Waals surface area contributed by atoms with Crippen LogP contribution in [0.15, 0.2) is 86.4 Å². The quantitative estimate of drug-likeness (QED) is 0.283. The number of ketones is 2. The lowest BCUT2D eigenvalue weighted by Crippen LogP contribution is -2.39. The maximum Gasteiger partial charge on any atom is 0.238 e. The summed E-state index contributed by atoms with van der Waals surface area (Å²) in [5.41, 5.74) is 2.78. The number of carbonyl (C=O) groups is 4. The first-order valence-corrected chi connectivity index (χ1v) is 14.3. The first-order chi connectivity index (χ1) is 18.8. The van der Waals surface area contributed by atoms with Crippen LogP contribution in [0.1, 0.15) is 24.3 Å². The number of amides is 2. The number of halogens is 2. The monoisotopic (exact) mass is 651 g/mol. The van der Waals surface area contributed by atoms with Gasteiger partial charge in [0.15, 0.2) is 11.6 Å². The third-order valence-electron chi connectivity index (χ3n) is 7.99. The number of anilines is 1. The van der Waals surface area contributed by atoms with Crippen molar-refractivity contribution in [1.82, 2.24) is 0 Å². The van der Waals surface area contributed by atoms with Gasteiger partial charge in [-0.2, -0.15) is 0 Å². The average molecular weight is 653 g/mol. The van der Waals surface area contributed by atoms with Gasteiger partial charge in [0.25, 0.3) is 0 Å². The number of aliphatic hydroxyl groups is 1. The Kier molecular flexibility index (Phi) is 6.77. The molecule has 0 aromatic heterocycles. The Bertz CT molecular complexity index is 1520. The summed E-state index contributed by atoms with van der Waals surface area (Å²) in [6, 6.07) is 14.3. The normalized spacial score (nSPS) is 26.2. The Labute approximate surface area is 241 Å². The van der Waals surface area contributed by atoms with Gasteiger partial charge in [-0.25, -0.2) is 0 Å². The molecule has 2 aromatic carbocycles. The largest absolute Gasteiger partial charge is 0.491 e. The van der Waals surface area contributed by atoms with Gasteiger partial charge in [-0.3, -0.25) is 24.1 Å². The molecule has 0 spiro atoms. The zero-order valence-corrected chi connectivity index (χ0v) is 23.8. The van der Waals surface area contributed by atoms with Crippen molar-refractivity contribution in [3.63, 3.8) is 0 Å². The number of rotatable bonds is 5. The fourth-order valence-corrected chi connectivity index (χ4v) is 7.12. The van der Waals surface area contributed by atoms with Crippen LogP contribution in [0.5, 0.6) is 5.75 Å². The first kappa shape index (κ1) is 26.1. The SMILES string of the molecule is O=C1C=C(Br)C(=O)C2=C1[C@@H](c1ccccc1OCCO)C1=CC[C@@H]3C(=O)N(c4ccc(Br)cc4)C(=O)[C@@H]3[C@@H]1C2. The van der Waals surface area contributed by atoms with Crippen molar-refractivity contribution in [3.05, 3.63) is 91.9 Å². The van der Waals surface area contributed by atoms with E-state index in [4.69, 9.17) is 4.74 Å². The number of imide groups is 1. The molecule has 1 saturated heterocycles. The summed E-state index contributed by atoms with van der Waals surface area (Å²) in [4.78, 5) is 55.6. The Morgan fingerprint density at radius 2 is 1.69 bits per heavy atom. The molecular formula is C30H23Br2NO6. The number of nitrogens with zero attached hydrogens (tertiary/aromatic N) is 1. The number of allylic oxidation sites excluding steroid dienone is 6. The fourth-order valence-electron chi connectivity index (χ4n) is 6.41. The Hall–Kier alpha value is -3.14. The lowest BCUT2D eigenvalue weighted by Gasteiger charge is -2.42. The number of hydrogen-bond donors (Lipinski definition) is 1. The molecule has 4 aliphatic rings. The van der Waals surface area contributed by atoms with E-state index < -0.39 is 23.7 Å². The molecule has 0 saturated carbocycles. The lowest BCUT2D eigenvalue weighted by molar-refractivity contribution is -0.123. The predicted molar refractivity (Wildman–Crippen MR) is 150 cm³/mol. The van der Waals surface area contributed by atoms with Gasteiger partial charge in [0.2, 0.25) is 11.8 Å². The molecule has 39 heavy (non-hydrogen) atoms. The molecule has 9 heteroatoms. The number of benzene rings is 2. The Morgan fingerprint density at radius 3 is 2.44 bits per heavy atom. The standard InChI is InChI=1S/C30H23Br2NO6/c31-15-5-7-16(8-6-15)33-29(37)19-10-9-17-20(26(19)30(33)38)13-21-27(23(35)14-22(32)28(21)36)25(17)18-3-1-2-4-24(18)39-12-11-34/h1-9,14,19-20,25-26,34H,10-13H2/t19-,20+,25+,26-/m0/s1. The van der Waals surface area contributed by atoms with Crippen molar-refractivity contribution in [2.45, 2.75) is 18.8 Å². The minimum absolute atomic E-state index is 0.0658. The van der Waals surface area contributed by atoms with E-state index in [0.29, 0.717) is 34.6 Å². The molecule has 1 aliphatic heterocycles. The number of Topliss-reactive ketones (excluding diaryl/α,β-unsaturated/α-hetero) is 1. The van der Waals surface area contributed by atoms with Crippen LogP contribution >= 0.6 is 31.9 Å². The van der Waals surface area contributed by atoms with Gasteiger partial charge >= 0.3 is 0 Å². The average Bonchev–Trinajstić information content (AvgIpc) is 3.19. The van der Waals surface area contributed by atoms with E-state index in [0.717, 1.165) is 10.0 Å². The van der Waals surface area contributed by atoms with Crippen LogP contribution < -0.4 is 9.64 Å². The maximum absolute atomic E-state index is 13.9. The van der Waals surface area contributed by atoms with Crippen molar-refractivity contribution in [3.8, 4) is 5.75 Å². The van der Waals surface area contributed by atoms with E-state index in [9.17, 15) is 24.3 Å². The van der Waals surface area contributed by atoms with Crippen LogP contribution in [0.4, 0.5) is 5.69 Å². The molecule has 0 unspecified atom stereocenters. The van der Waals surface area contributed by atoms with E-state index in [2.05, 4.69) is 31.9 Å². The van der Waals surface area contributed by atoms with Gasteiger partial charge in [-0.15, -0.1) is 0 Å². The highest BCUT2D eigenvalue weighted by atomic mass is 79.9. The maximum atomic E-state index is 13.9. The van der Waals surface area contributed by atoms with Crippen LogP contribution in [0, 0.1) is 17.8 Å². The topological polar surface area (TPSA) is 101 Å². The van der Waals surface area contributed by atoms with Crippen LogP contribution in [0.25, 0.3) is 0 Å². The minimum atomic E-state index is -0.657. The van der Waals surface area contributed by atoms with Crippen molar-refractivity contribution in [2.75, 3.05) is 18.1 Å². The highest BCUT2D eigenvalue weighted by Gasteiger charge is 2.56. The molecule has 1 heterocycles. The van der Waals surface area contributed by atoms with Crippen LogP contribution in [0.3, 0.4) is 0 Å². The highest BCUT2D eigenvalue weighted by molar-refractivity contribution is 9.12. The minimum Gasteiger partial charge on any atom is -0.491 e. The molecule has 7 nitrogen and oxygen atoms in total. The molecule has 0 radical (unpaired) electrons. The number of aliphatic hydroxyl groups excluding tert-OH is 1. The highest BCUT2D eigenvalue weighted by Crippen LogP contribution is 2.56. The van der Waals surface area contributed by atoms with Crippen LogP contribution in [0.2, 0.25) is 0 Å². The van der Waals surface area contributed by atoms with Crippen LogP contribution in [-0.4, -0.2) is 41.7 Å². The molecule has 1 fully saturated rings. The van der Waals surface area contributed by atoms with E-state index in [1.165, 1.54) is 11.0 Å². The van der Waals surface area contributed by atoms with Crippen molar-refractivity contribution in [1.29, 1.82) is 0 Å². The number of ether oxygens (including phenoxy) is 1. The van der Waals surface area contributed by atoms with Gasteiger partial charge in [0, 0.05) is 33.2 Å². The molecule has 2 aromatic rings. The van der Waals surface area contributed by atoms with Crippen molar-refractivity contribution in [2.24, 2.45) is 17.8 Å². The molecule has 2 amide bonds. The van der Waals surface area contributed by atoms with E-state index in [-0.39, 0.29) is 47.5 Å². The van der Waals surface area contributed by atoms with Crippen LogP contribution in [-0.2, 0) is 19.2 Å². The Balaban J connectivity index is 1.48. The molecule has 3 aliphatic carbocycles. The summed E-state index contributed by atoms with van der Waals surface area (Å²) < 4.78 is 6.85. The van der Waals surface area contributed by atoms with E-state index >= 15 is 0 Å². The molecule has 4 atom stereocenters. The summed E-state index contributed by atoms with van der Waals surface area (Å²) in [7, 11) is 0. The predicted octanol–water partition coefficient (Wildman–Crippen LogP) is 4.79. The molecule has 198 valence electrons. The summed E-state index contributed by atoms with van der Waals surface area (Å²) >= 11 is 6.64.